The van der Waals surface area contributed by atoms with Gasteiger partial charge in [0.2, 0.25) is 0 Å². The number of benzene rings is 1. The zero-order valence-corrected chi connectivity index (χ0v) is 12.0. The summed E-state index contributed by atoms with van der Waals surface area (Å²) in [7, 11) is 1.65. The van der Waals surface area contributed by atoms with Crippen molar-refractivity contribution in [3.8, 4) is 5.75 Å². The van der Waals surface area contributed by atoms with E-state index in [2.05, 4.69) is 5.32 Å². The fourth-order valence-corrected chi connectivity index (χ4v) is 3.32. The predicted molar refractivity (Wildman–Crippen MR) is 76.3 cm³/mol. The summed E-state index contributed by atoms with van der Waals surface area (Å²) in [6.07, 6.45) is 1.75. The van der Waals surface area contributed by atoms with Gasteiger partial charge in [-0.3, -0.25) is 4.79 Å². The Kier molecular flexibility index (Phi) is 3.76. The minimum atomic E-state index is 0.114. The molecule has 20 heavy (non-hydrogen) atoms. The molecule has 2 fully saturated rings. The molecule has 108 valence electrons. The number of hydrogen-bond donors (Lipinski definition) is 1. The fourth-order valence-electron chi connectivity index (χ4n) is 3.32. The number of ether oxygens (including phenoxy) is 2. The van der Waals surface area contributed by atoms with Crippen LogP contribution in [0.4, 0.5) is 0 Å². The van der Waals surface area contributed by atoms with Crippen LogP contribution in [0.5, 0.6) is 5.75 Å². The van der Waals surface area contributed by atoms with Crippen molar-refractivity contribution in [3.05, 3.63) is 29.3 Å². The Morgan fingerprint density at radius 3 is 2.60 bits per heavy atom. The molecule has 2 saturated heterocycles. The van der Waals surface area contributed by atoms with Crippen molar-refractivity contribution >= 4 is 5.78 Å². The van der Waals surface area contributed by atoms with Crippen molar-refractivity contribution in [2.24, 2.45) is 5.92 Å². The van der Waals surface area contributed by atoms with Gasteiger partial charge in [-0.25, -0.2) is 0 Å². The largest absolute Gasteiger partial charge is 0.496 e. The first-order valence-electron chi connectivity index (χ1n) is 7.20. The van der Waals surface area contributed by atoms with E-state index < -0.39 is 0 Å². The molecule has 0 radical (unpaired) electrons. The molecule has 1 N–H and O–H groups in total. The number of ketones is 1. The summed E-state index contributed by atoms with van der Waals surface area (Å²) in [6, 6.07) is 6.36. The van der Waals surface area contributed by atoms with E-state index >= 15 is 0 Å². The molecule has 1 aromatic carbocycles. The summed E-state index contributed by atoms with van der Waals surface area (Å²) in [6.45, 7) is 3.42. The number of fused-ring (bicyclic) bond motifs is 2. The molecular weight excluding hydrogens is 254 g/mol. The molecule has 0 spiro atoms. The predicted octanol–water partition coefficient (Wildman–Crippen LogP) is 1.95. The van der Waals surface area contributed by atoms with Gasteiger partial charge in [0.25, 0.3) is 0 Å². The highest BCUT2D eigenvalue weighted by molar-refractivity contribution is 5.98. The van der Waals surface area contributed by atoms with Gasteiger partial charge in [-0.1, -0.05) is 0 Å². The second kappa shape index (κ2) is 5.54. The van der Waals surface area contributed by atoms with Crippen LogP contribution in [0.15, 0.2) is 18.2 Å². The molecule has 4 nitrogen and oxygen atoms in total. The third kappa shape index (κ3) is 2.58. The van der Waals surface area contributed by atoms with Crippen LogP contribution in [0.1, 0.15) is 28.8 Å². The normalized spacial score (nSPS) is 29.0. The van der Waals surface area contributed by atoms with E-state index in [1.165, 1.54) is 0 Å². The third-order valence-electron chi connectivity index (χ3n) is 4.30. The molecule has 0 aliphatic carbocycles. The monoisotopic (exact) mass is 275 g/mol. The van der Waals surface area contributed by atoms with E-state index in [4.69, 9.17) is 9.47 Å². The molecule has 2 aliphatic rings. The lowest BCUT2D eigenvalue weighted by Gasteiger charge is -2.39. The summed E-state index contributed by atoms with van der Waals surface area (Å²) in [5.41, 5.74) is 1.81. The molecule has 3 rings (SSSR count). The molecule has 1 aromatic rings. The first kappa shape index (κ1) is 13.6. The summed E-state index contributed by atoms with van der Waals surface area (Å²) in [5.74, 6) is 1.20. The quantitative estimate of drug-likeness (QED) is 0.857. The molecule has 0 amide bonds. The second-order valence-corrected chi connectivity index (χ2v) is 5.81. The van der Waals surface area contributed by atoms with Crippen LogP contribution in [0.25, 0.3) is 0 Å². The van der Waals surface area contributed by atoms with Crippen molar-refractivity contribution in [1.29, 1.82) is 0 Å². The highest BCUT2D eigenvalue weighted by atomic mass is 16.5. The van der Waals surface area contributed by atoms with E-state index in [1.54, 1.807) is 7.11 Å². The van der Waals surface area contributed by atoms with Crippen LogP contribution < -0.4 is 10.1 Å². The Labute approximate surface area is 119 Å². The lowest BCUT2D eigenvalue weighted by atomic mass is 9.82. The number of piperidine rings is 1. The van der Waals surface area contributed by atoms with E-state index in [9.17, 15) is 4.79 Å². The smallest absolute Gasteiger partial charge is 0.166 e. The number of aryl methyl sites for hydroxylation is 1. The minimum absolute atomic E-state index is 0.114. The van der Waals surface area contributed by atoms with Crippen molar-refractivity contribution in [1.82, 2.24) is 5.32 Å². The molecule has 2 heterocycles. The average molecular weight is 275 g/mol. The van der Waals surface area contributed by atoms with Crippen LogP contribution in [0.2, 0.25) is 0 Å². The van der Waals surface area contributed by atoms with Crippen molar-refractivity contribution in [2.45, 2.75) is 31.8 Å². The maximum absolute atomic E-state index is 12.7. The maximum Gasteiger partial charge on any atom is 0.166 e. The van der Waals surface area contributed by atoms with Crippen LogP contribution in [-0.2, 0) is 4.74 Å². The Morgan fingerprint density at radius 2 is 2.00 bits per heavy atom. The molecule has 2 atom stereocenters. The van der Waals surface area contributed by atoms with Gasteiger partial charge in [0.05, 0.1) is 20.3 Å². The van der Waals surface area contributed by atoms with Gasteiger partial charge in [-0.2, -0.15) is 0 Å². The van der Waals surface area contributed by atoms with E-state index in [1.807, 2.05) is 25.1 Å². The van der Waals surface area contributed by atoms with E-state index in [0.717, 1.165) is 42.9 Å². The Hall–Kier alpha value is -1.39. The molecule has 2 bridgehead atoms. The number of carbonyl (C=O) groups is 1. The fraction of sp³-hybridized carbons (Fsp3) is 0.562. The first-order chi connectivity index (χ1) is 9.67. The summed E-state index contributed by atoms with van der Waals surface area (Å²) in [4.78, 5) is 12.7. The summed E-state index contributed by atoms with van der Waals surface area (Å²) in [5, 5.41) is 3.52. The Bertz CT molecular complexity index is 502. The standard InChI is InChI=1S/C16H21NO3/c1-10-5-11(3-4-15(10)19-2)16(18)12-6-13-8-20-9-14(7-12)17-13/h3-5,12-14,17H,6-9H2,1-2H3. The maximum atomic E-state index is 12.7. The lowest BCUT2D eigenvalue weighted by Crippen LogP contribution is -2.55. The van der Waals surface area contributed by atoms with Gasteiger partial charge < -0.3 is 14.8 Å². The highest BCUT2D eigenvalue weighted by Crippen LogP contribution is 2.28. The van der Waals surface area contributed by atoms with Crippen molar-refractivity contribution in [3.63, 3.8) is 0 Å². The van der Waals surface area contributed by atoms with Gasteiger partial charge in [-0.15, -0.1) is 0 Å². The lowest BCUT2D eigenvalue weighted by molar-refractivity contribution is 0.00952. The second-order valence-electron chi connectivity index (χ2n) is 5.81. The van der Waals surface area contributed by atoms with Crippen molar-refractivity contribution < 1.29 is 14.3 Å². The van der Waals surface area contributed by atoms with Crippen LogP contribution in [-0.4, -0.2) is 38.2 Å². The number of nitrogens with one attached hydrogen (secondary N) is 1. The first-order valence-corrected chi connectivity index (χ1v) is 7.20. The topological polar surface area (TPSA) is 47.6 Å². The van der Waals surface area contributed by atoms with Crippen molar-refractivity contribution in [2.75, 3.05) is 20.3 Å². The van der Waals surface area contributed by atoms with Crippen LogP contribution >= 0.6 is 0 Å². The number of morpholine rings is 1. The highest BCUT2D eigenvalue weighted by Gasteiger charge is 2.35. The van der Waals surface area contributed by atoms with Gasteiger partial charge >= 0.3 is 0 Å². The van der Waals surface area contributed by atoms with E-state index in [0.29, 0.717) is 12.1 Å². The molecule has 4 heteroatoms. The number of methoxy groups -OCH3 is 1. The Morgan fingerprint density at radius 1 is 1.30 bits per heavy atom. The molecule has 0 saturated carbocycles. The Balaban J connectivity index is 1.77. The zero-order valence-electron chi connectivity index (χ0n) is 12.0. The van der Waals surface area contributed by atoms with Crippen LogP contribution in [0, 0.1) is 12.8 Å². The average Bonchev–Trinajstić information content (AvgIpc) is 2.46. The molecule has 0 aromatic heterocycles. The summed E-state index contributed by atoms with van der Waals surface area (Å²) < 4.78 is 10.8. The zero-order chi connectivity index (χ0) is 14.1. The van der Waals surface area contributed by atoms with E-state index in [-0.39, 0.29) is 11.7 Å². The minimum Gasteiger partial charge on any atom is -0.496 e. The number of Topliss-reactive ketones (excluding diaryl/α,β-unsaturated/α-hetero) is 1. The number of hydrogen-bond acceptors (Lipinski definition) is 4. The van der Waals surface area contributed by atoms with Gasteiger partial charge in [-0.05, 0) is 43.5 Å². The third-order valence-corrected chi connectivity index (χ3v) is 4.30. The SMILES string of the molecule is COc1ccc(C(=O)C2CC3COCC(C2)N3)cc1C. The molecular formula is C16H21NO3. The molecule has 2 aliphatic heterocycles. The van der Waals surface area contributed by atoms with Crippen LogP contribution in [0.3, 0.4) is 0 Å². The number of rotatable bonds is 3. The van der Waals surface area contributed by atoms with Gasteiger partial charge in [0, 0.05) is 23.6 Å². The van der Waals surface area contributed by atoms with Gasteiger partial charge in [0.1, 0.15) is 5.75 Å². The van der Waals surface area contributed by atoms with Gasteiger partial charge in [0.15, 0.2) is 5.78 Å². The number of carbonyl (C=O) groups excluding carboxylic acids is 1. The summed E-state index contributed by atoms with van der Waals surface area (Å²) >= 11 is 0. The molecule has 2 unspecified atom stereocenters.